The van der Waals surface area contributed by atoms with E-state index in [1.807, 2.05) is 0 Å². The number of benzene rings is 1. The van der Waals surface area contributed by atoms with Gasteiger partial charge in [-0.2, -0.15) is 0 Å². The SMILES string of the molecule is O=c1c(NCc2ccc(OC(F)(F)F)cc2)nccn1C1CC1. The van der Waals surface area contributed by atoms with Crippen molar-refractivity contribution in [2.75, 3.05) is 5.32 Å². The van der Waals surface area contributed by atoms with Crippen molar-refractivity contribution in [3.8, 4) is 5.75 Å². The van der Waals surface area contributed by atoms with E-state index < -0.39 is 6.36 Å². The second kappa shape index (κ2) is 5.94. The van der Waals surface area contributed by atoms with Crippen molar-refractivity contribution in [1.29, 1.82) is 0 Å². The zero-order chi connectivity index (χ0) is 16.4. The molecule has 1 aliphatic carbocycles. The van der Waals surface area contributed by atoms with Crippen LogP contribution in [0.3, 0.4) is 0 Å². The molecule has 1 saturated carbocycles. The summed E-state index contributed by atoms with van der Waals surface area (Å²) in [4.78, 5) is 16.2. The molecule has 122 valence electrons. The molecule has 0 atom stereocenters. The molecule has 1 fully saturated rings. The maximum atomic E-state index is 12.2. The van der Waals surface area contributed by atoms with E-state index in [0.29, 0.717) is 5.56 Å². The van der Waals surface area contributed by atoms with Gasteiger partial charge in [-0.15, -0.1) is 13.2 Å². The maximum Gasteiger partial charge on any atom is 0.573 e. The van der Waals surface area contributed by atoms with E-state index in [0.717, 1.165) is 12.8 Å². The van der Waals surface area contributed by atoms with E-state index in [9.17, 15) is 18.0 Å². The Hall–Kier alpha value is -2.51. The van der Waals surface area contributed by atoms with Crippen LogP contribution < -0.4 is 15.6 Å². The van der Waals surface area contributed by atoms with Crippen molar-refractivity contribution in [1.82, 2.24) is 9.55 Å². The number of hydrogen-bond acceptors (Lipinski definition) is 4. The van der Waals surface area contributed by atoms with Crippen molar-refractivity contribution < 1.29 is 17.9 Å². The first-order valence-electron chi connectivity index (χ1n) is 7.08. The van der Waals surface area contributed by atoms with Crippen LogP contribution in [0.15, 0.2) is 41.5 Å². The van der Waals surface area contributed by atoms with Crippen LogP contribution in [-0.4, -0.2) is 15.9 Å². The van der Waals surface area contributed by atoms with Crippen molar-refractivity contribution in [2.24, 2.45) is 0 Å². The van der Waals surface area contributed by atoms with E-state index in [1.54, 1.807) is 17.0 Å². The third-order valence-electron chi connectivity index (χ3n) is 3.43. The Balaban J connectivity index is 1.64. The summed E-state index contributed by atoms with van der Waals surface area (Å²) in [6.07, 6.45) is 0.493. The second-order valence-corrected chi connectivity index (χ2v) is 5.26. The van der Waals surface area contributed by atoms with E-state index in [4.69, 9.17) is 0 Å². The fraction of sp³-hybridized carbons (Fsp3) is 0.333. The number of ether oxygens (including phenoxy) is 1. The molecule has 0 radical (unpaired) electrons. The molecule has 2 aromatic rings. The van der Waals surface area contributed by atoms with Gasteiger partial charge >= 0.3 is 6.36 Å². The van der Waals surface area contributed by atoms with Gasteiger partial charge in [0.05, 0.1) is 0 Å². The van der Waals surface area contributed by atoms with E-state index in [-0.39, 0.29) is 29.7 Å². The van der Waals surface area contributed by atoms with Crippen LogP contribution in [0.5, 0.6) is 5.75 Å². The lowest BCUT2D eigenvalue weighted by atomic mass is 10.2. The summed E-state index contributed by atoms with van der Waals surface area (Å²) < 4.78 is 41.7. The lowest BCUT2D eigenvalue weighted by Gasteiger charge is -2.10. The third-order valence-corrected chi connectivity index (χ3v) is 3.43. The van der Waals surface area contributed by atoms with Gasteiger partial charge in [-0.25, -0.2) is 4.98 Å². The van der Waals surface area contributed by atoms with Gasteiger partial charge < -0.3 is 14.6 Å². The molecule has 23 heavy (non-hydrogen) atoms. The fourth-order valence-corrected chi connectivity index (χ4v) is 2.18. The highest BCUT2D eigenvalue weighted by Gasteiger charge is 2.31. The first-order chi connectivity index (χ1) is 10.9. The highest BCUT2D eigenvalue weighted by molar-refractivity contribution is 5.35. The molecule has 1 aromatic heterocycles. The molecular formula is C15H14F3N3O2. The molecule has 0 unspecified atom stereocenters. The molecule has 0 saturated heterocycles. The number of halogens is 3. The van der Waals surface area contributed by atoms with Gasteiger partial charge in [0, 0.05) is 25.0 Å². The summed E-state index contributed by atoms with van der Waals surface area (Å²) in [6, 6.07) is 5.70. The number of alkyl halides is 3. The van der Waals surface area contributed by atoms with Gasteiger partial charge in [0.15, 0.2) is 5.82 Å². The first kappa shape index (κ1) is 15.4. The summed E-state index contributed by atoms with van der Waals surface area (Å²) in [6.45, 7) is 0.281. The molecule has 0 bridgehead atoms. The Morgan fingerprint density at radius 1 is 1.26 bits per heavy atom. The van der Waals surface area contributed by atoms with Gasteiger partial charge in [0.25, 0.3) is 5.56 Å². The lowest BCUT2D eigenvalue weighted by Crippen LogP contribution is -2.23. The minimum absolute atomic E-state index is 0.188. The smallest absolute Gasteiger partial charge is 0.406 e. The lowest BCUT2D eigenvalue weighted by molar-refractivity contribution is -0.274. The molecule has 0 amide bonds. The van der Waals surface area contributed by atoms with Crippen LogP contribution >= 0.6 is 0 Å². The minimum Gasteiger partial charge on any atom is -0.406 e. The van der Waals surface area contributed by atoms with Crippen LogP contribution in [0.2, 0.25) is 0 Å². The number of hydrogen-bond donors (Lipinski definition) is 1. The largest absolute Gasteiger partial charge is 0.573 e. The molecule has 5 nitrogen and oxygen atoms in total. The molecule has 1 aromatic carbocycles. The normalized spacial score (nSPS) is 14.6. The number of nitrogens with one attached hydrogen (secondary N) is 1. The number of rotatable bonds is 5. The predicted octanol–water partition coefficient (Wildman–Crippen LogP) is 3.09. The number of aromatic nitrogens is 2. The van der Waals surface area contributed by atoms with Crippen molar-refractivity contribution in [3.63, 3.8) is 0 Å². The van der Waals surface area contributed by atoms with Crippen LogP contribution in [0.4, 0.5) is 19.0 Å². The van der Waals surface area contributed by atoms with E-state index in [1.165, 1.54) is 24.3 Å². The highest BCUT2D eigenvalue weighted by atomic mass is 19.4. The summed E-state index contributed by atoms with van der Waals surface area (Å²) in [5, 5.41) is 2.91. The number of nitrogens with zero attached hydrogens (tertiary/aromatic N) is 2. The van der Waals surface area contributed by atoms with Crippen LogP contribution in [0.25, 0.3) is 0 Å². The van der Waals surface area contributed by atoms with Gasteiger partial charge in [0.2, 0.25) is 0 Å². The summed E-state index contributed by atoms with van der Waals surface area (Å²) in [7, 11) is 0. The molecule has 1 aliphatic rings. The molecule has 0 aliphatic heterocycles. The maximum absolute atomic E-state index is 12.2. The van der Waals surface area contributed by atoms with Crippen molar-refractivity contribution >= 4 is 5.82 Å². The topological polar surface area (TPSA) is 56.1 Å². The molecular weight excluding hydrogens is 311 g/mol. The van der Waals surface area contributed by atoms with Crippen molar-refractivity contribution in [3.05, 3.63) is 52.6 Å². The third kappa shape index (κ3) is 4.02. The average molecular weight is 325 g/mol. The highest BCUT2D eigenvalue weighted by Crippen LogP contribution is 2.33. The molecule has 1 heterocycles. The summed E-state index contributed by atoms with van der Waals surface area (Å²) in [5.74, 6) is -0.0507. The standard InChI is InChI=1S/C15H14F3N3O2/c16-15(17,18)23-12-5-1-10(2-6-12)9-20-13-14(22)21(8-7-19-13)11-3-4-11/h1-2,5-8,11H,3-4,9H2,(H,19,20). The Labute approximate surface area is 129 Å². The van der Waals surface area contributed by atoms with E-state index >= 15 is 0 Å². The average Bonchev–Trinajstić information content (AvgIpc) is 3.31. The van der Waals surface area contributed by atoms with Gasteiger partial charge in [-0.3, -0.25) is 4.79 Å². The second-order valence-electron chi connectivity index (χ2n) is 5.26. The van der Waals surface area contributed by atoms with Gasteiger partial charge in [-0.05, 0) is 30.5 Å². The molecule has 0 spiro atoms. The van der Waals surface area contributed by atoms with Crippen LogP contribution in [0, 0.1) is 0 Å². The minimum atomic E-state index is -4.71. The zero-order valence-electron chi connectivity index (χ0n) is 12.0. The molecule has 1 N–H and O–H groups in total. The first-order valence-corrected chi connectivity index (χ1v) is 7.08. The van der Waals surface area contributed by atoms with E-state index in [2.05, 4.69) is 15.0 Å². The Kier molecular flexibility index (Phi) is 3.97. The van der Waals surface area contributed by atoms with Crippen molar-refractivity contribution in [2.45, 2.75) is 31.8 Å². The Morgan fingerprint density at radius 2 is 1.96 bits per heavy atom. The monoisotopic (exact) mass is 325 g/mol. The summed E-state index contributed by atoms with van der Waals surface area (Å²) >= 11 is 0. The van der Waals surface area contributed by atoms with Gasteiger partial charge in [0.1, 0.15) is 5.75 Å². The Bertz CT molecular complexity index is 737. The fourth-order valence-electron chi connectivity index (χ4n) is 2.18. The summed E-state index contributed by atoms with van der Waals surface area (Å²) in [5.41, 5.74) is 0.523. The Morgan fingerprint density at radius 3 is 2.57 bits per heavy atom. The molecule has 3 rings (SSSR count). The molecule has 8 heteroatoms. The van der Waals surface area contributed by atoms with Gasteiger partial charge in [-0.1, -0.05) is 12.1 Å². The zero-order valence-corrected chi connectivity index (χ0v) is 12.0. The number of anilines is 1. The quantitative estimate of drug-likeness (QED) is 0.918. The predicted molar refractivity (Wildman–Crippen MR) is 77.2 cm³/mol. The van der Waals surface area contributed by atoms with Crippen LogP contribution in [-0.2, 0) is 6.54 Å². The van der Waals surface area contributed by atoms with Crippen LogP contribution in [0.1, 0.15) is 24.4 Å².